The number of rotatable bonds is 2. The lowest BCUT2D eigenvalue weighted by Gasteiger charge is -2.34. The van der Waals surface area contributed by atoms with Crippen LogP contribution in [0.1, 0.15) is 23.7 Å². The third kappa shape index (κ3) is 2.32. The Balaban J connectivity index is 2.24. The molecule has 1 aliphatic heterocycles. The summed E-state index contributed by atoms with van der Waals surface area (Å²) in [6.45, 7) is 2.68. The highest BCUT2D eigenvalue weighted by molar-refractivity contribution is 5.97. The Morgan fingerprint density at radius 2 is 2.39 bits per heavy atom. The fraction of sp³-hybridized carbons (Fsp3) is 0.417. The summed E-state index contributed by atoms with van der Waals surface area (Å²) in [6.07, 6.45) is 2.88. The van der Waals surface area contributed by atoms with Crippen molar-refractivity contribution in [3.8, 4) is 0 Å². The van der Waals surface area contributed by atoms with Crippen LogP contribution in [0.25, 0.3) is 0 Å². The van der Waals surface area contributed by atoms with Crippen molar-refractivity contribution in [3.63, 3.8) is 0 Å². The maximum atomic E-state index is 13.0. The predicted molar refractivity (Wildman–Crippen MR) is 62.3 cm³/mol. The fourth-order valence-electron chi connectivity index (χ4n) is 2.06. The van der Waals surface area contributed by atoms with Gasteiger partial charge in [-0.15, -0.1) is 0 Å². The quantitative estimate of drug-likeness (QED) is 0.836. The number of hydrogen-bond donors (Lipinski definition) is 1. The zero-order valence-corrected chi connectivity index (χ0v) is 10.0. The molecule has 1 saturated heterocycles. The minimum Gasteiger partial charge on any atom is -0.353 e. The zero-order chi connectivity index (χ0) is 13.1. The molecule has 0 spiro atoms. The van der Waals surface area contributed by atoms with E-state index in [9.17, 15) is 14.0 Å². The van der Waals surface area contributed by atoms with Crippen molar-refractivity contribution >= 4 is 11.8 Å². The van der Waals surface area contributed by atoms with E-state index in [4.69, 9.17) is 0 Å². The lowest BCUT2D eigenvalue weighted by Crippen LogP contribution is -2.56. The molecule has 0 saturated carbocycles. The number of pyridine rings is 1. The smallest absolute Gasteiger partial charge is 0.256 e. The van der Waals surface area contributed by atoms with Crippen LogP contribution in [0.3, 0.4) is 0 Å². The summed E-state index contributed by atoms with van der Waals surface area (Å²) in [7, 11) is 0. The van der Waals surface area contributed by atoms with E-state index >= 15 is 0 Å². The number of carbonyl (C=O) groups excluding carboxylic acids is 2. The Labute approximate surface area is 104 Å². The molecule has 0 aromatic carbocycles. The predicted octanol–water partition coefficient (Wildman–Crippen LogP) is 0.571. The van der Waals surface area contributed by atoms with Crippen LogP contribution in [0.15, 0.2) is 18.5 Å². The van der Waals surface area contributed by atoms with Gasteiger partial charge in [-0.05, 0) is 12.5 Å². The largest absolute Gasteiger partial charge is 0.353 e. The summed E-state index contributed by atoms with van der Waals surface area (Å²) in [6, 6.07) is 0.642. The summed E-state index contributed by atoms with van der Waals surface area (Å²) in [5.41, 5.74) is 0.170. The minimum atomic E-state index is -0.560. The average molecular weight is 251 g/mol. The van der Waals surface area contributed by atoms with E-state index in [2.05, 4.69) is 10.3 Å². The highest BCUT2D eigenvalue weighted by atomic mass is 19.1. The molecule has 1 aromatic rings. The number of hydrogen-bond acceptors (Lipinski definition) is 3. The molecule has 0 radical (unpaired) electrons. The second kappa shape index (κ2) is 5.12. The number of halogens is 1. The van der Waals surface area contributed by atoms with Gasteiger partial charge < -0.3 is 10.2 Å². The van der Waals surface area contributed by atoms with Crippen molar-refractivity contribution < 1.29 is 14.0 Å². The van der Waals surface area contributed by atoms with Crippen LogP contribution in [-0.4, -0.2) is 40.8 Å². The van der Waals surface area contributed by atoms with Gasteiger partial charge in [-0.2, -0.15) is 0 Å². The first-order valence-electron chi connectivity index (χ1n) is 5.82. The Morgan fingerprint density at radius 3 is 3.06 bits per heavy atom. The average Bonchev–Trinajstić information content (AvgIpc) is 2.37. The molecule has 6 heteroatoms. The first-order valence-corrected chi connectivity index (χ1v) is 5.82. The lowest BCUT2D eigenvalue weighted by molar-refractivity contribution is -0.127. The maximum absolute atomic E-state index is 13.0. The number of carbonyl (C=O) groups is 2. The van der Waals surface area contributed by atoms with E-state index in [1.807, 2.05) is 6.92 Å². The number of aromatic nitrogens is 1. The van der Waals surface area contributed by atoms with Crippen molar-refractivity contribution in [1.29, 1.82) is 0 Å². The molecule has 1 atom stereocenters. The van der Waals surface area contributed by atoms with Crippen LogP contribution in [0.2, 0.25) is 0 Å². The molecule has 0 bridgehead atoms. The van der Waals surface area contributed by atoms with Gasteiger partial charge in [0.05, 0.1) is 11.8 Å². The second-order valence-electron chi connectivity index (χ2n) is 4.11. The van der Waals surface area contributed by atoms with Crippen LogP contribution < -0.4 is 5.32 Å². The number of nitrogens with zero attached hydrogens (tertiary/aromatic N) is 2. The molecule has 1 aliphatic rings. The molecule has 1 aromatic heterocycles. The summed E-state index contributed by atoms with van der Waals surface area (Å²) in [4.78, 5) is 29.0. The molecule has 1 unspecified atom stereocenters. The van der Waals surface area contributed by atoms with Crippen LogP contribution in [0, 0.1) is 5.82 Å². The van der Waals surface area contributed by atoms with Crippen LogP contribution >= 0.6 is 0 Å². The number of amides is 2. The first-order chi connectivity index (χ1) is 8.63. The highest BCUT2D eigenvalue weighted by Crippen LogP contribution is 2.13. The molecule has 0 aliphatic carbocycles. The van der Waals surface area contributed by atoms with Crippen molar-refractivity contribution in [1.82, 2.24) is 15.2 Å². The molecular formula is C12H14FN3O2. The van der Waals surface area contributed by atoms with Gasteiger partial charge in [0.1, 0.15) is 11.9 Å². The second-order valence-corrected chi connectivity index (χ2v) is 4.11. The van der Waals surface area contributed by atoms with Gasteiger partial charge >= 0.3 is 0 Å². The summed E-state index contributed by atoms with van der Waals surface area (Å²) in [5.74, 6) is -1.08. The van der Waals surface area contributed by atoms with Crippen molar-refractivity contribution in [3.05, 3.63) is 29.8 Å². The topological polar surface area (TPSA) is 62.3 Å². The van der Waals surface area contributed by atoms with Crippen molar-refractivity contribution in [2.24, 2.45) is 0 Å². The van der Waals surface area contributed by atoms with E-state index < -0.39 is 11.9 Å². The van der Waals surface area contributed by atoms with Gasteiger partial charge in [0, 0.05) is 19.3 Å². The van der Waals surface area contributed by atoms with Gasteiger partial charge in [-0.25, -0.2) is 4.39 Å². The fourth-order valence-corrected chi connectivity index (χ4v) is 2.06. The summed E-state index contributed by atoms with van der Waals surface area (Å²) >= 11 is 0. The van der Waals surface area contributed by atoms with Crippen LogP contribution in [0.5, 0.6) is 0 Å². The zero-order valence-electron chi connectivity index (χ0n) is 10.0. The molecular weight excluding hydrogens is 237 g/mol. The third-order valence-corrected chi connectivity index (χ3v) is 2.93. The molecule has 96 valence electrons. The van der Waals surface area contributed by atoms with Gasteiger partial charge in [-0.3, -0.25) is 14.6 Å². The molecule has 5 nitrogen and oxygen atoms in total. The normalized spacial score (nSPS) is 19.6. The van der Waals surface area contributed by atoms with E-state index in [1.165, 1.54) is 11.1 Å². The van der Waals surface area contributed by atoms with Gasteiger partial charge in [0.15, 0.2) is 0 Å². The molecule has 2 heterocycles. The minimum absolute atomic E-state index is 0.165. The standard InChI is InChI=1S/C12H14FN3O2/c1-2-10-11(17)15-3-4-16(10)12(18)8-5-9(13)7-14-6-8/h5-7,10H,2-4H2,1H3,(H,15,17). The Bertz CT molecular complexity index is 478. The maximum Gasteiger partial charge on any atom is 0.256 e. The summed E-state index contributed by atoms with van der Waals surface area (Å²) < 4.78 is 13.0. The van der Waals surface area contributed by atoms with Gasteiger partial charge in [-0.1, -0.05) is 6.92 Å². The highest BCUT2D eigenvalue weighted by Gasteiger charge is 2.32. The van der Waals surface area contributed by atoms with E-state index in [0.717, 1.165) is 12.3 Å². The van der Waals surface area contributed by atoms with Crippen LogP contribution in [-0.2, 0) is 4.79 Å². The van der Waals surface area contributed by atoms with Gasteiger partial charge in [0.25, 0.3) is 5.91 Å². The van der Waals surface area contributed by atoms with Gasteiger partial charge in [0.2, 0.25) is 5.91 Å². The molecule has 1 N–H and O–H groups in total. The van der Waals surface area contributed by atoms with Crippen molar-refractivity contribution in [2.75, 3.05) is 13.1 Å². The Hall–Kier alpha value is -1.98. The Kier molecular flexibility index (Phi) is 3.55. The van der Waals surface area contributed by atoms with Crippen LogP contribution in [0.4, 0.5) is 4.39 Å². The molecule has 1 fully saturated rings. The lowest BCUT2D eigenvalue weighted by atomic mass is 10.1. The third-order valence-electron chi connectivity index (χ3n) is 2.93. The monoisotopic (exact) mass is 251 g/mol. The number of nitrogens with one attached hydrogen (secondary N) is 1. The molecule has 2 amide bonds. The molecule has 18 heavy (non-hydrogen) atoms. The van der Waals surface area contributed by atoms with E-state index in [1.54, 1.807) is 0 Å². The SMILES string of the molecule is CCC1C(=O)NCCN1C(=O)c1cncc(F)c1. The summed E-state index contributed by atoms with van der Waals surface area (Å²) in [5, 5.41) is 2.71. The van der Waals surface area contributed by atoms with E-state index in [-0.39, 0.29) is 17.4 Å². The van der Waals surface area contributed by atoms with Crippen molar-refractivity contribution in [2.45, 2.75) is 19.4 Å². The van der Waals surface area contributed by atoms with E-state index in [0.29, 0.717) is 19.5 Å². The molecule has 2 rings (SSSR count). The first kappa shape index (κ1) is 12.5. The number of piperazine rings is 1. The Morgan fingerprint density at radius 1 is 1.61 bits per heavy atom.